The zero-order chi connectivity index (χ0) is 17.8. The van der Waals surface area contributed by atoms with Crippen LogP contribution in [0.2, 0.25) is 0 Å². The van der Waals surface area contributed by atoms with Crippen molar-refractivity contribution in [2.45, 2.75) is 45.6 Å². The number of carbonyl (C=O) groups excluding carboxylic acids is 1. The van der Waals surface area contributed by atoms with E-state index in [1.807, 2.05) is 19.9 Å². The summed E-state index contributed by atoms with van der Waals surface area (Å²) in [6, 6.07) is 10.1. The van der Waals surface area contributed by atoms with Gasteiger partial charge in [0.15, 0.2) is 0 Å². The van der Waals surface area contributed by atoms with Gasteiger partial charge in [-0.1, -0.05) is 24.3 Å². The molecule has 25 heavy (non-hydrogen) atoms. The van der Waals surface area contributed by atoms with Crippen molar-refractivity contribution in [1.29, 1.82) is 0 Å². The first-order valence-corrected chi connectivity index (χ1v) is 8.83. The number of aryl methyl sites for hydroxylation is 3. The molecule has 1 aromatic heterocycles. The molecule has 0 saturated carbocycles. The summed E-state index contributed by atoms with van der Waals surface area (Å²) in [6.45, 7) is 4.58. The summed E-state index contributed by atoms with van der Waals surface area (Å²) >= 11 is 0. The molecule has 0 radical (unpaired) electrons. The van der Waals surface area contributed by atoms with Crippen molar-refractivity contribution >= 4 is 6.03 Å². The number of rotatable bonds is 4. The third-order valence-electron chi connectivity index (χ3n) is 4.92. The molecule has 5 heteroatoms. The summed E-state index contributed by atoms with van der Waals surface area (Å²) in [7, 11) is 0. The maximum absolute atomic E-state index is 12.1. The maximum Gasteiger partial charge on any atom is 0.315 e. The molecule has 2 amide bonds. The van der Waals surface area contributed by atoms with E-state index in [2.05, 4.69) is 39.9 Å². The average molecular weight is 339 g/mol. The standard InChI is InChI=1S/C20H25N3O2/c1-13-10-14(2)23-19(24)18(13)12-22-20(25)21-11-16-8-5-7-15-6-3-4-9-17(15)16/h3-4,6,9-10,16H,5,7-8,11-12H2,1-2H3,(H,23,24)(H2,21,22,25). The molecule has 0 spiro atoms. The second kappa shape index (κ2) is 7.55. The lowest BCUT2D eigenvalue weighted by atomic mass is 9.83. The van der Waals surface area contributed by atoms with E-state index < -0.39 is 0 Å². The number of H-pyrrole nitrogens is 1. The normalized spacial score (nSPS) is 16.2. The van der Waals surface area contributed by atoms with Crippen LogP contribution in [-0.4, -0.2) is 17.6 Å². The number of carbonyl (C=O) groups is 1. The predicted octanol–water partition coefficient (Wildman–Crippen LogP) is 2.91. The summed E-state index contributed by atoms with van der Waals surface area (Å²) in [5.41, 5.74) is 4.92. The zero-order valence-electron chi connectivity index (χ0n) is 14.8. The molecule has 1 unspecified atom stereocenters. The van der Waals surface area contributed by atoms with Crippen molar-refractivity contribution in [1.82, 2.24) is 15.6 Å². The number of pyridine rings is 1. The molecule has 0 aliphatic heterocycles. The number of benzene rings is 1. The first kappa shape index (κ1) is 17.3. The van der Waals surface area contributed by atoms with Crippen LogP contribution in [0.3, 0.4) is 0 Å². The van der Waals surface area contributed by atoms with Crippen molar-refractivity contribution in [2.75, 3.05) is 6.54 Å². The molecular formula is C20H25N3O2. The summed E-state index contributed by atoms with van der Waals surface area (Å²) in [5, 5.41) is 5.75. The minimum Gasteiger partial charge on any atom is -0.338 e. The number of urea groups is 1. The molecule has 1 heterocycles. The molecule has 0 saturated heterocycles. The average Bonchev–Trinajstić information content (AvgIpc) is 2.59. The summed E-state index contributed by atoms with van der Waals surface area (Å²) in [4.78, 5) is 26.9. The van der Waals surface area contributed by atoms with Crippen LogP contribution in [-0.2, 0) is 13.0 Å². The summed E-state index contributed by atoms with van der Waals surface area (Å²) < 4.78 is 0. The van der Waals surface area contributed by atoms with Gasteiger partial charge in [-0.15, -0.1) is 0 Å². The van der Waals surface area contributed by atoms with Gasteiger partial charge in [0.1, 0.15) is 0 Å². The highest BCUT2D eigenvalue weighted by Gasteiger charge is 2.20. The van der Waals surface area contributed by atoms with Crippen LogP contribution in [0.5, 0.6) is 0 Å². The van der Waals surface area contributed by atoms with Crippen LogP contribution >= 0.6 is 0 Å². The zero-order valence-corrected chi connectivity index (χ0v) is 14.8. The van der Waals surface area contributed by atoms with Gasteiger partial charge in [0, 0.05) is 23.7 Å². The van der Waals surface area contributed by atoms with Gasteiger partial charge in [-0.05, 0) is 55.9 Å². The van der Waals surface area contributed by atoms with E-state index in [9.17, 15) is 9.59 Å². The molecule has 5 nitrogen and oxygen atoms in total. The van der Waals surface area contributed by atoms with Crippen molar-refractivity contribution in [3.8, 4) is 0 Å². The monoisotopic (exact) mass is 339 g/mol. The van der Waals surface area contributed by atoms with E-state index in [4.69, 9.17) is 0 Å². The minimum absolute atomic E-state index is 0.140. The molecule has 1 aliphatic rings. The molecule has 3 rings (SSSR count). The molecule has 1 atom stereocenters. The Kier molecular flexibility index (Phi) is 5.22. The highest BCUT2D eigenvalue weighted by Crippen LogP contribution is 2.30. The Hall–Kier alpha value is -2.56. The fraction of sp³-hybridized carbons (Fsp3) is 0.400. The lowest BCUT2D eigenvalue weighted by Gasteiger charge is -2.25. The van der Waals surface area contributed by atoms with Gasteiger partial charge in [-0.2, -0.15) is 0 Å². The van der Waals surface area contributed by atoms with Crippen molar-refractivity contribution in [3.05, 3.63) is 68.6 Å². The Bertz CT molecular complexity index is 826. The third kappa shape index (κ3) is 4.10. The van der Waals surface area contributed by atoms with Gasteiger partial charge < -0.3 is 15.6 Å². The van der Waals surface area contributed by atoms with E-state index in [0.717, 1.165) is 30.5 Å². The van der Waals surface area contributed by atoms with Crippen molar-refractivity contribution < 1.29 is 4.79 Å². The Morgan fingerprint density at radius 1 is 1.24 bits per heavy atom. The second-order valence-electron chi connectivity index (χ2n) is 6.79. The van der Waals surface area contributed by atoms with Crippen molar-refractivity contribution in [3.63, 3.8) is 0 Å². The van der Waals surface area contributed by atoms with Gasteiger partial charge in [-0.25, -0.2) is 4.79 Å². The van der Waals surface area contributed by atoms with E-state index in [1.54, 1.807) is 0 Å². The molecule has 0 bridgehead atoms. The highest BCUT2D eigenvalue weighted by molar-refractivity contribution is 5.74. The predicted molar refractivity (Wildman–Crippen MR) is 98.9 cm³/mol. The Labute approximate surface area is 147 Å². The van der Waals surface area contributed by atoms with Crippen LogP contribution in [0.1, 0.15) is 46.7 Å². The van der Waals surface area contributed by atoms with E-state index in [1.165, 1.54) is 11.1 Å². The second-order valence-corrected chi connectivity index (χ2v) is 6.79. The SMILES string of the molecule is Cc1cc(C)c(CNC(=O)NCC2CCCc3ccccc32)c(=O)[nH]1. The van der Waals surface area contributed by atoms with Gasteiger partial charge in [-0.3, -0.25) is 4.79 Å². The van der Waals surface area contributed by atoms with Gasteiger partial charge in [0.2, 0.25) is 0 Å². The van der Waals surface area contributed by atoms with Crippen LogP contribution in [0.25, 0.3) is 0 Å². The molecule has 132 valence electrons. The summed E-state index contributed by atoms with van der Waals surface area (Å²) in [6.07, 6.45) is 3.37. The van der Waals surface area contributed by atoms with E-state index >= 15 is 0 Å². The van der Waals surface area contributed by atoms with Gasteiger partial charge >= 0.3 is 6.03 Å². The number of hydrogen-bond acceptors (Lipinski definition) is 2. The smallest absolute Gasteiger partial charge is 0.315 e. The van der Waals surface area contributed by atoms with Crippen LogP contribution in [0.4, 0.5) is 4.79 Å². The Balaban J connectivity index is 1.55. The topological polar surface area (TPSA) is 74.0 Å². The number of fused-ring (bicyclic) bond motifs is 1. The first-order valence-electron chi connectivity index (χ1n) is 8.83. The molecule has 3 N–H and O–H groups in total. The van der Waals surface area contributed by atoms with Gasteiger partial charge in [0.25, 0.3) is 5.56 Å². The fourth-order valence-corrected chi connectivity index (χ4v) is 3.61. The largest absolute Gasteiger partial charge is 0.338 e. The number of aromatic amines is 1. The minimum atomic E-state index is -0.234. The molecular weight excluding hydrogens is 314 g/mol. The third-order valence-corrected chi connectivity index (χ3v) is 4.92. The number of amides is 2. The van der Waals surface area contributed by atoms with Crippen LogP contribution < -0.4 is 16.2 Å². The fourth-order valence-electron chi connectivity index (χ4n) is 3.61. The Morgan fingerprint density at radius 3 is 2.84 bits per heavy atom. The first-order chi connectivity index (χ1) is 12.0. The molecule has 2 aromatic rings. The number of nitrogens with one attached hydrogen (secondary N) is 3. The highest BCUT2D eigenvalue weighted by atomic mass is 16.2. The summed E-state index contributed by atoms with van der Waals surface area (Å²) in [5.74, 6) is 0.361. The number of hydrogen-bond donors (Lipinski definition) is 3. The lowest BCUT2D eigenvalue weighted by molar-refractivity contribution is 0.239. The molecule has 1 aromatic carbocycles. The molecule has 1 aliphatic carbocycles. The van der Waals surface area contributed by atoms with Crippen molar-refractivity contribution in [2.24, 2.45) is 0 Å². The Morgan fingerprint density at radius 2 is 2.04 bits per heavy atom. The lowest BCUT2D eigenvalue weighted by Crippen LogP contribution is -2.39. The van der Waals surface area contributed by atoms with E-state index in [0.29, 0.717) is 18.0 Å². The maximum atomic E-state index is 12.1. The quantitative estimate of drug-likeness (QED) is 0.801. The van der Waals surface area contributed by atoms with E-state index in [-0.39, 0.29) is 18.1 Å². The van der Waals surface area contributed by atoms with Crippen LogP contribution in [0, 0.1) is 13.8 Å². The van der Waals surface area contributed by atoms with Crippen LogP contribution in [0.15, 0.2) is 35.1 Å². The number of aromatic nitrogens is 1. The van der Waals surface area contributed by atoms with Gasteiger partial charge in [0.05, 0.1) is 6.54 Å². The molecule has 0 fully saturated rings.